The molecule has 2 aliphatic rings. The summed E-state index contributed by atoms with van der Waals surface area (Å²) in [5.41, 5.74) is 3.66. The quantitative estimate of drug-likeness (QED) is 0.626. The van der Waals surface area contributed by atoms with E-state index >= 15 is 0 Å². The Morgan fingerprint density at radius 2 is 1.83 bits per heavy atom. The third kappa shape index (κ3) is 4.04. The first kappa shape index (κ1) is 20.0. The molecule has 2 aromatic rings. The highest BCUT2D eigenvalue weighted by molar-refractivity contribution is 5.69. The van der Waals surface area contributed by atoms with E-state index in [0.29, 0.717) is 18.9 Å². The molecule has 1 saturated heterocycles. The van der Waals surface area contributed by atoms with E-state index in [1.807, 2.05) is 6.07 Å². The fourth-order valence-corrected chi connectivity index (χ4v) is 4.71. The fourth-order valence-electron chi connectivity index (χ4n) is 4.71. The molecule has 0 spiro atoms. The van der Waals surface area contributed by atoms with Gasteiger partial charge in [-0.3, -0.25) is 9.69 Å². The second-order valence-electron chi connectivity index (χ2n) is 7.87. The molecule has 1 heterocycles. The molecule has 2 bridgehead atoms. The van der Waals surface area contributed by atoms with Gasteiger partial charge in [-0.2, -0.15) is 13.2 Å². The number of hydrogen-bond donors (Lipinski definition) is 0. The summed E-state index contributed by atoms with van der Waals surface area (Å²) >= 11 is 0. The fraction of sp³-hybridized carbons (Fsp3) is 0.435. The lowest BCUT2D eigenvalue weighted by Gasteiger charge is -2.29. The summed E-state index contributed by atoms with van der Waals surface area (Å²) in [5.74, 6) is 0.308. The summed E-state index contributed by atoms with van der Waals surface area (Å²) in [6.45, 7) is 1.61. The summed E-state index contributed by atoms with van der Waals surface area (Å²) in [5, 5.41) is 0. The number of hydrogen-bond acceptors (Lipinski definition) is 3. The SMILES string of the molecule is COC(=O)CCN1CCC[C@H]2C[C@@H]1c1cc(-c3ccc(C(F)(F)F)cc3)ccc12. The lowest BCUT2D eigenvalue weighted by atomic mass is 9.93. The number of halogens is 3. The smallest absolute Gasteiger partial charge is 0.416 e. The molecular weight excluding hydrogens is 379 g/mol. The van der Waals surface area contributed by atoms with Crippen LogP contribution in [0.2, 0.25) is 0 Å². The van der Waals surface area contributed by atoms with E-state index in [-0.39, 0.29) is 12.0 Å². The number of nitrogens with zero attached hydrogens (tertiary/aromatic N) is 1. The Balaban J connectivity index is 1.61. The molecule has 1 fully saturated rings. The molecule has 1 aliphatic carbocycles. The van der Waals surface area contributed by atoms with Gasteiger partial charge in [0.05, 0.1) is 19.1 Å². The molecule has 154 valence electrons. The lowest BCUT2D eigenvalue weighted by Crippen LogP contribution is -2.30. The molecule has 0 radical (unpaired) electrons. The number of benzene rings is 2. The Kier molecular flexibility index (Phi) is 5.38. The molecule has 2 aromatic carbocycles. The summed E-state index contributed by atoms with van der Waals surface area (Å²) < 4.78 is 43.3. The van der Waals surface area contributed by atoms with Crippen LogP contribution in [0.5, 0.6) is 0 Å². The van der Waals surface area contributed by atoms with Gasteiger partial charge in [-0.1, -0.05) is 24.3 Å². The maximum atomic E-state index is 12.8. The maximum Gasteiger partial charge on any atom is 0.416 e. The monoisotopic (exact) mass is 403 g/mol. The summed E-state index contributed by atoms with van der Waals surface area (Å²) in [6, 6.07) is 11.9. The summed E-state index contributed by atoms with van der Waals surface area (Å²) in [4.78, 5) is 14.0. The van der Waals surface area contributed by atoms with Crippen LogP contribution in [-0.2, 0) is 15.7 Å². The molecule has 2 atom stereocenters. The van der Waals surface area contributed by atoms with E-state index < -0.39 is 11.7 Å². The van der Waals surface area contributed by atoms with Crippen molar-refractivity contribution in [1.82, 2.24) is 4.90 Å². The van der Waals surface area contributed by atoms with Crippen LogP contribution >= 0.6 is 0 Å². The first-order chi connectivity index (χ1) is 13.9. The first-order valence-electron chi connectivity index (χ1n) is 9.99. The Bertz CT molecular complexity index is 892. The van der Waals surface area contributed by atoms with Gasteiger partial charge in [0.25, 0.3) is 0 Å². The summed E-state index contributed by atoms with van der Waals surface area (Å²) in [7, 11) is 1.40. The number of likely N-dealkylation sites (tertiary alicyclic amines) is 1. The normalized spacial score (nSPS) is 21.5. The van der Waals surface area contributed by atoms with E-state index in [4.69, 9.17) is 4.74 Å². The van der Waals surface area contributed by atoms with Crippen LogP contribution in [0.25, 0.3) is 11.1 Å². The van der Waals surface area contributed by atoms with Crippen LogP contribution < -0.4 is 0 Å². The van der Waals surface area contributed by atoms with Crippen molar-refractivity contribution in [1.29, 1.82) is 0 Å². The zero-order valence-electron chi connectivity index (χ0n) is 16.3. The van der Waals surface area contributed by atoms with Gasteiger partial charge < -0.3 is 4.74 Å². The zero-order valence-corrected chi connectivity index (χ0v) is 16.3. The van der Waals surface area contributed by atoms with E-state index in [1.54, 1.807) is 0 Å². The standard InChI is InChI=1S/C23H24F3NO2/c1-29-22(28)10-12-27-11-2-3-17-14-21(27)20-13-16(6-9-19(17)20)15-4-7-18(8-5-15)23(24,25)26/h4-9,13,17,21H,2-3,10-12,14H2,1H3/t17-,21+/m0/s1. The summed E-state index contributed by atoms with van der Waals surface area (Å²) in [6.07, 6.45) is -0.704. The molecule has 4 rings (SSSR count). The molecule has 0 saturated carbocycles. The molecule has 0 amide bonds. The molecule has 0 N–H and O–H groups in total. The van der Waals surface area contributed by atoms with Gasteiger partial charge in [-0.05, 0) is 72.2 Å². The minimum Gasteiger partial charge on any atom is -0.469 e. The molecule has 0 aromatic heterocycles. The molecular formula is C23H24F3NO2. The number of carbonyl (C=O) groups is 1. The van der Waals surface area contributed by atoms with Crippen molar-refractivity contribution in [3.8, 4) is 11.1 Å². The van der Waals surface area contributed by atoms with E-state index in [9.17, 15) is 18.0 Å². The van der Waals surface area contributed by atoms with Crippen molar-refractivity contribution < 1.29 is 22.7 Å². The van der Waals surface area contributed by atoms with E-state index in [2.05, 4.69) is 17.0 Å². The zero-order chi connectivity index (χ0) is 20.6. The van der Waals surface area contributed by atoms with Gasteiger partial charge in [-0.25, -0.2) is 0 Å². The van der Waals surface area contributed by atoms with Crippen molar-refractivity contribution in [3.05, 3.63) is 59.2 Å². The highest BCUT2D eigenvalue weighted by Gasteiger charge is 2.37. The highest BCUT2D eigenvalue weighted by atomic mass is 19.4. The minimum absolute atomic E-state index is 0.206. The number of rotatable bonds is 4. The van der Waals surface area contributed by atoms with Gasteiger partial charge in [0.1, 0.15) is 0 Å². The van der Waals surface area contributed by atoms with Crippen LogP contribution in [0.15, 0.2) is 42.5 Å². The minimum atomic E-state index is -4.33. The van der Waals surface area contributed by atoms with Crippen molar-refractivity contribution in [2.75, 3.05) is 20.2 Å². The Morgan fingerprint density at radius 1 is 1.10 bits per heavy atom. The van der Waals surface area contributed by atoms with E-state index in [1.165, 1.54) is 30.4 Å². The third-order valence-electron chi connectivity index (χ3n) is 6.21. The largest absolute Gasteiger partial charge is 0.469 e. The maximum absolute atomic E-state index is 12.8. The van der Waals surface area contributed by atoms with Crippen LogP contribution in [0.4, 0.5) is 13.2 Å². The van der Waals surface area contributed by atoms with Gasteiger partial charge in [0.2, 0.25) is 0 Å². The molecule has 0 unspecified atom stereocenters. The van der Waals surface area contributed by atoms with Gasteiger partial charge in [0, 0.05) is 12.6 Å². The second kappa shape index (κ2) is 7.82. The van der Waals surface area contributed by atoms with Gasteiger partial charge in [0.15, 0.2) is 0 Å². The molecule has 29 heavy (non-hydrogen) atoms. The van der Waals surface area contributed by atoms with Crippen molar-refractivity contribution in [3.63, 3.8) is 0 Å². The van der Waals surface area contributed by atoms with Crippen molar-refractivity contribution in [2.45, 2.75) is 43.8 Å². The predicted octanol–water partition coefficient (Wildman–Crippen LogP) is 5.56. The average molecular weight is 403 g/mol. The molecule has 1 aliphatic heterocycles. The topological polar surface area (TPSA) is 29.5 Å². The number of alkyl halides is 3. The van der Waals surface area contributed by atoms with Crippen LogP contribution in [0, 0.1) is 0 Å². The molecule has 6 heteroatoms. The van der Waals surface area contributed by atoms with Crippen LogP contribution in [0.3, 0.4) is 0 Å². The van der Waals surface area contributed by atoms with Gasteiger partial charge in [-0.15, -0.1) is 0 Å². The number of methoxy groups -OCH3 is 1. The number of carbonyl (C=O) groups excluding carboxylic acids is 1. The Morgan fingerprint density at radius 3 is 2.52 bits per heavy atom. The van der Waals surface area contributed by atoms with Crippen LogP contribution in [0.1, 0.15) is 54.3 Å². The van der Waals surface area contributed by atoms with E-state index in [0.717, 1.165) is 49.1 Å². The second-order valence-corrected chi connectivity index (χ2v) is 7.87. The number of fused-ring (bicyclic) bond motifs is 5. The number of ether oxygens (including phenoxy) is 1. The third-order valence-corrected chi connectivity index (χ3v) is 6.21. The number of esters is 1. The lowest BCUT2D eigenvalue weighted by molar-refractivity contribution is -0.141. The van der Waals surface area contributed by atoms with Crippen molar-refractivity contribution in [2.24, 2.45) is 0 Å². The first-order valence-corrected chi connectivity index (χ1v) is 9.99. The van der Waals surface area contributed by atoms with Gasteiger partial charge >= 0.3 is 12.1 Å². The highest BCUT2D eigenvalue weighted by Crippen LogP contribution is 2.49. The Hall–Kier alpha value is -2.34. The molecule has 3 nitrogen and oxygen atoms in total. The van der Waals surface area contributed by atoms with Crippen LogP contribution in [-0.4, -0.2) is 31.1 Å². The Labute approximate surface area is 168 Å². The predicted molar refractivity (Wildman–Crippen MR) is 104 cm³/mol. The van der Waals surface area contributed by atoms with Crippen molar-refractivity contribution >= 4 is 5.97 Å². The average Bonchev–Trinajstić information content (AvgIpc) is 2.92.